The van der Waals surface area contributed by atoms with E-state index < -0.39 is 12.8 Å². The highest BCUT2D eigenvalue weighted by Gasteiger charge is 2.27. The molecule has 0 saturated heterocycles. The molecule has 2 nitrogen and oxygen atoms in total. The van der Waals surface area contributed by atoms with Crippen LogP contribution in [0.25, 0.3) is 0 Å². The number of thiophene rings is 1. The number of rotatable bonds is 8. The molecule has 0 aliphatic rings. The van der Waals surface area contributed by atoms with E-state index in [4.69, 9.17) is 0 Å². The van der Waals surface area contributed by atoms with E-state index in [1.807, 2.05) is 11.4 Å². The van der Waals surface area contributed by atoms with Gasteiger partial charge in [-0.3, -0.25) is 0 Å². The molecule has 0 bridgehead atoms. The van der Waals surface area contributed by atoms with Gasteiger partial charge in [-0.2, -0.15) is 13.2 Å². The first-order valence-corrected chi connectivity index (χ1v) is 6.82. The zero-order valence-electron chi connectivity index (χ0n) is 10.3. The Morgan fingerprint density at radius 2 is 2.22 bits per heavy atom. The molecule has 0 fully saturated rings. The lowest BCUT2D eigenvalue weighted by atomic mass is 10.2. The van der Waals surface area contributed by atoms with E-state index in [1.54, 1.807) is 11.3 Å². The van der Waals surface area contributed by atoms with Gasteiger partial charge in [0.1, 0.15) is 6.61 Å². The first-order chi connectivity index (χ1) is 8.53. The van der Waals surface area contributed by atoms with Gasteiger partial charge in [0, 0.05) is 17.5 Å². The van der Waals surface area contributed by atoms with Crippen LogP contribution in [0.2, 0.25) is 0 Å². The van der Waals surface area contributed by atoms with Crippen LogP contribution in [0.3, 0.4) is 0 Å². The van der Waals surface area contributed by atoms with Crippen LogP contribution < -0.4 is 5.32 Å². The SMILES string of the molecule is CCC(NCCCOCC(F)(F)F)c1cccs1. The van der Waals surface area contributed by atoms with E-state index in [-0.39, 0.29) is 12.6 Å². The van der Waals surface area contributed by atoms with Gasteiger partial charge >= 0.3 is 6.18 Å². The Bertz CT molecular complexity index is 314. The molecule has 1 heterocycles. The Labute approximate surface area is 109 Å². The minimum absolute atomic E-state index is 0.132. The van der Waals surface area contributed by atoms with Gasteiger partial charge in [0.05, 0.1) is 0 Å². The number of nitrogens with one attached hydrogen (secondary N) is 1. The van der Waals surface area contributed by atoms with Crippen LogP contribution >= 0.6 is 11.3 Å². The molecule has 1 atom stereocenters. The lowest BCUT2D eigenvalue weighted by Crippen LogP contribution is -2.23. The average Bonchev–Trinajstić information content (AvgIpc) is 2.80. The van der Waals surface area contributed by atoms with Gasteiger partial charge in [-0.15, -0.1) is 11.3 Å². The lowest BCUT2D eigenvalue weighted by molar-refractivity contribution is -0.173. The molecular weight excluding hydrogens is 263 g/mol. The average molecular weight is 281 g/mol. The zero-order valence-corrected chi connectivity index (χ0v) is 11.1. The molecule has 104 valence electrons. The van der Waals surface area contributed by atoms with Gasteiger partial charge in [0.2, 0.25) is 0 Å². The third-order valence-electron chi connectivity index (χ3n) is 2.42. The molecule has 1 unspecified atom stereocenters. The summed E-state index contributed by atoms with van der Waals surface area (Å²) >= 11 is 1.68. The fourth-order valence-electron chi connectivity index (χ4n) is 1.57. The molecule has 1 aromatic heterocycles. The summed E-state index contributed by atoms with van der Waals surface area (Å²) in [4.78, 5) is 1.26. The molecule has 0 saturated carbocycles. The first kappa shape index (κ1) is 15.5. The van der Waals surface area contributed by atoms with Gasteiger partial charge in [0.15, 0.2) is 0 Å². The van der Waals surface area contributed by atoms with E-state index in [9.17, 15) is 13.2 Å². The smallest absolute Gasteiger partial charge is 0.372 e. The van der Waals surface area contributed by atoms with Crippen molar-refractivity contribution in [3.8, 4) is 0 Å². The van der Waals surface area contributed by atoms with Crippen molar-refractivity contribution in [2.45, 2.75) is 32.0 Å². The van der Waals surface area contributed by atoms with Crippen molar-refractivity contribution in [2.24, 2.45) is 0 Å². The van der Waals surface area contributed by atoms with Crippen molar-refractivity contribution in [3.63, 3.8) is 0 Å². The monoisotopic (exact) mass is 281 g/mol. The second-order valence-electron chi connectivity index (χ2n) is 3.95. The molecule has 0 aromatic carbocycles. The second kappa shape index (κ2) is 7.76. The number of hydrogen-bond acceptors (Lipinski definition) is 3. The predicted octanol–water partition coefficient (Wildman–Crippen LogP) is 3.76. The van der Waals surface area contributed by atoms with E-state index in [0.717, 1.165) is 6.42 Å². The van der Waals surface area contributed by atoms with Crippen molar-refractivity contribution >= 4 is 11.3 Å². The van der Waals surface area contributed by atoms with Crippen LogP contribution in [0.1, 0.15) is 30.7 Å². The topological polar surface area (TPSA) is 21.3 Å². The standard InChI is InChI=1S/C12H18F3NOS/c1-2-10(11-5-3-8-18-11)16-6-4-7-17-9-12(13,14)15/h3,5,8,10,16H,2,4,6-7,9H2,1H3. The molecule has 0 aliphatic heterocycles. The van der Waals surface area contributed by atoms with E-state index in [2.05, 4.69) is 23.0 Å². The van der Waals surface area contributed by atoms with Crippen molar-refractivity contribution in [1.82, 2.24) is 5.32 Å². The van der Waals surface area contributed by atoms with Gasteiger partial charge in [-0.1, -0.05) is 13.0 Å². The summed E-state index contributed by atoms with van der Waals surface area (Å²) in [5.41, 5.74) is 0. The van der Waals surface area contributed by atoms with Crippen molar-refractivity contribution in [2.75, 3.05) is 19.8 Å². The molecule has 1 rings (SSSR count). The van der Waals surface area contributed by atoms with Gasteiger partial charge in [-0.25, -0.2) is 0 Å². The Morgan fingerprint density at radius 3 is 2.78 bits per heavy atom. The largest absolute Gasteiger partial charge is 0.411 e. The number of hydrogen-bond donors (Lipinski definition) is 1. The highest BCUT2D eigenvalue weighted by Crippen LogP contribution is 2.21. The molecule has 1 aromatic rings. The third kappa shape index (κ3) is 6.37. The summed E-state index contributed by atoms with van der Waals surface area (Å²) in [5, 5.41) is 5.34. The normalized spacial score (nSPS) is 13.8. The third-order valence-corrected chi connectivity index (χ3v) is 3.40. The van der Waals surface area contributed by atoms with Crippen LogP contribution in [-0.4, -0.2) is 25.9 Å². The van der Waals surface area contributed by atoms with Crippen LogP contribution in [0.15, 0.2) is 17.5 Å². The van der Waals surface area contributed by atoms with Crippen molar-refractivity contribution < 1.29 is 17.9 Å². The lowest BCUT2D eigenvalue weighted by Gasteiger charge is -2.15. The van der Waals surface area contributed by atoms with E-state index >= 15 is 0 Å². The Balaban J connectivity index is 2.10. The number of ether oxygens (including phenoxy) is 1. The summed E-state index contributed by atoms with van der Waals surface area (Å²) < 4.78 is 39.9. The van der Waals surface area contributed by atoms with Crippen LogP contribution in [-0.2, 0) is 4.74 Å². The Kier molecular flexibility index (Phi) is 6.67. The van der Waals surface area contributed by atoms with Crippen molar-refractivity contribution in [3.05, 3.63) is 22.4 Å². The maximum atomic E-state index is 11.8. The fourth-order valence-corrected chi connectivity index (χ4v) is 2.46. The van der Waals surface area contributed by atoms with Crippen LogP contribution in [0.5, 0.6) is 0 Å². The highest BCUT2D eigenvalue weighted by molar-refractivity contribution is 7.10. The molecule has 0 aliphatic carbocycles. The number of alkyl halides is 3. The fraction of sp³-hybridized carbons (Fsp3) is 0.667. The summed E-state index contributed by atoms with van der Waals surface area (Å²) in [6.45, 7) is 1.72. The maximum absolute atomic E-state index is 11.8. The summed E-state index contributed by atoms with van der Waals surface area (Å²) in [6.07, 6.45) is -2.68. The van der Waals surface area contributed by atoms with E-state index in [1.165, 1.54) is 4.88 Å². The minimum Gasteiger partial charge on any atom is -0.372 e. The van der Waals surface area contributed by atoms with Crippen LogP contribution in [0.4, 0.5) is 13.2 Å². The van der Waals surface area contributed by atoms with Gasteiger partial charge < -0.3 is 10.1 Å². The van der Waals surface area contributed by atoms with Crippen molar-refractivity contribution in [1.29, 1.82) is 0 Å². The maximum Gasteiger partial charge on any atom is 0.411 e. The molecule has 18 heavy (non-hydrogen) atoms. The molecule has 0 amide bonds. The molecular formula is C12H18F3NOS. The predicted molar refractivity (Wildman–Crippen MR) is 66.8 cm³/mol. The summed E-state index contributed by atoms with van der Waals surface area (Å²) in [7, 11) is 0. The Hall–Kier alpha value is -0.590. The molecule has 6 heteroatoms. The molecule has 0 spiro atoms. The van der Waals surface area contributed by atoms with E-state index in [0.29, 0.717) is 13.0 Å². The Morgan fingerprint density at radius 1 is 1.44 bits per heavy atom. The van der Waals surface area contributed by atoms with Crippen LogP contribution in [0, 0.1) is 0 Å². The molecule has 1 N–H and O–H groups in total. The molecule has 0 radical (unpaired) electrons. The number of halogens is 3. The first-order valence-electron chi connectivity index (χ1n) is 5.94. The van der Waals surface area contributed by atoms with Gasteiger partial charge in [0.25, 0.3) is 0 Å². The second-order valence-corrected chi connectivity index (χ2v) is 4.93. The highest BCUT2D eigenvalue weighted by atomic mass is 32.1. The quantitative estimate of drug-likeness (QED) is 0.733. The van der Waals surface area contributed by atoms with Gasteiger partial charge in [-0.05, 0) is 30.8 Å². The summed E-state index contributed by atoms with van der Waals surface area (Å²) in [6, 6.07) is 4.34. The minimum atomic E-state index is -4.23. The summed E-state index contributed by atoms with van der Waals surface area (Å²) in [5.74, 6) is 0. The zero-order chi connectivity index (χ0) is 13.4.